The normalized spacial score (nSPS) is 11.7. The molecule has 0 aliphatic rings. The van der Waals surface area contributed by atoms with Crippen molar-refractivity contribution in [2.45, 2.75) is 11.3 Å². The first-order valence-corrected chi connectivity index (χ1v) is 11.9. The average Bonchev–Trinajstić information content (AvgIpc) is 3.07. The van der Waals surface area contributed by atoms with E-state index in [0.717, 1.165) is 15.2 Å². The van der Waals surface area contributed by atoms with E-state index >= 15 is 0 Å². The molecular formula is C20H13Cl3N2O2S2. The second kappa shape index (κ2) is 8.13. The number of hydrogen-bond donors (Lipinski definition) is 1. The highest BCUT2D eigenvalue weighted by atomic mass is 35.5. The molecule has 0 unspecified atom stereocenters. The van der Waals surface area contributed by atoms with E-state index < -0.39 is 10.0 Å². The number of hydrogen-bond acceptors (Lipinski definition) is 4. The Bertz CT molecular complexity index is 1280. The highest BCUT2D eigenvalue weighted by molar-refractivity contribution is 7.92. The molecule has 4 rings (SSSR count). The van der Waals surface area contributed by atoms with Gasteiger partial charge >= 0.3 is 0 Å². The van der Waals surface area contributed by atoms with E-state index in [4.69, 9.17) is 34.8 Å². The van der Waals surface area contributed by atoms with Gasteiger partial charge in [-0.15, -0.1) is 11.3 Å². The summed E-state index contributed by atoms with van der Waals surface area (Å²) in [5.41, 5.74) is 1.79. The Labute approximate surface area is 187 Å². The zero-order chi connectivity index (χ0) is 20.6. The number of sulfonamides is 1. The van der Waals surface area contributed by atoms with Crippen LogP contribution in [0.15, 0.2) is 65.6 Å². The lowest BCUT2D eigenvalue weighted by molar-refractivity contribution is 0.601. The molecule has 0 saturated heterocycles. The Morgan fingerprint density at radius 1 is 0.931 bits per heavy atom. The highest BCUT2D eigenvalue weighted by Gasteiger charge is 2.17. The van der Waals surface area contributed by atoms with Crippen LogP contribution < -0.4 is 4.72 Å². The van der Waals surface area contributed by atoms with Crippen LogP contribution in [0.1, 0.15) is 10.6 Å². The summed E-state index contributed by atoms with van der Waals surface area (Å²) in [5, 5.41) is 2.19. The first kappa shape index (κ1) is 20.4. The van der Waals surface area contributed by atoms with Crippen molar-refractivity contribution in [1.29, 1.82) is 0 Å². The molecule has 1 aromatic heterocycles. The maximum Gasteiger partial charge on any atom is 0.261 e. The first-order valence-electron chi connectivity index (χ1n) is 8.42. The van der Waals surface area contributed by atoms with Gasteiger partial charge < -0.3 is 0 Å². The van der Waals surface area contributed by atoms with Gasteiger partial charge in [0.15, 0.2) is 0 Å². The fourth-order valence-electron chi connectivity index (χ4n) is 2.82. The summed E-state index contributed by atoms with van der Waals surface area (Å²) in [6, 6.07) is 16.7. The number of benzene rings is 3. The molecule has 0 radical (unpaired) electrons. The third-order valence-corrected chi connectivity index (χ3v) is 7.51. The van der Waals surface area contributed by atoms with Crippen LogP contribution in [0.5, 0.6) is 0 Å². The number of thiazole rings is 1. The summed E-state index contributed by atoms with van der Waals surface area (Å²) < 4.78 is 28.5. The van der Waals surface area contributed by atoms with Crippen LogP contribution in [0.4, 0.5) is 5.69 Å². The first-order chi connectivity index (χ1) is 13.8. The van der Waals surface area contributed by atoms with Crippen LogP contribution in [-0.4, -0.2) is 13.4 Å². The summed E-state index contributed by atoms with van der Waals surface area (Å²) in [6.07, 6.45) is 0.431. The quantitative estimate of drug-likeness (QED) is 0.346. The topological polar surface area (TPSA) is 59.1 Å². The molecule has 1 heterocycles. The number of nitrogens with zero attached hydrogens (tertiary/aromatic N) is 1. The van der Waals surface area contributed by atoms with E-state index in [9.17, 15) is 8.42 Å². The van der Waals surface area contributed by atoms with Crippen molar-refractivity contribution in [1.82, 2.24) is 4.98 Å². The zero-order valence-electron chi connectivity index (χ0n) is 14.7. The maximum atomic E-state index is 12.5. The second-order valence-corrected chi connectivity index (χ2v) is 10.3. The van der Waals surface area contributed by atoms with Crippen molar-refractivity contribution in [3.8, 4) is 0 Å². The molecule has 0 bridgehead atoms. The lowest BCUT2D eigenvalue weighted by atomic mass is 10.1. The highest BCUT2D eigenvalue weighted by Crippen LogP contribution is 2.34. The number of nitrogens with one attached hydrogen (secondary N) is 1. The summed E-state index contributed by atoms with van der Waals surface area (Å²) >= 11 is 20.4. The van der Waals surface area contributed by atoms with Crippen LogP contribution in [0.25, 0.3) is 10.2 Å². The minimum absolute atomic E-state index is 0.157. The molecule has 1 N–H and O–H groups in total. The molecule has 0 aliphatic heterocycles. The fraction of sp³-hybridized carbons (Fsp3) is 0.0500. The monoisotopic (exact) mass is 482 g/mol. The third kappa shape index (κ3) is 4.52. The van der Waals surface area contributed by atoms with Crippen molar-refractivity contribution in [2.24, 2.45) is 0 Å². The Hall–Kier alpha value is -1.83. The third-order valence-electron chi connectivity index (χ3n) is 4.17. The van der Waals surface area contributed by atoms with Crippen LogP contribution in [0.2, 0.25) is 15.1 Å². The van der Waals surface area contributed by atoms with E-state index in [1.807, 2.05) is 18.2 Å². The summed E-state index contributed by atoms with van der Waals surface area (Å²) in [5.74, 6) is 0. The standard InChI is InChI=1S/C20H13Cl3N2O2S2/c21-12-6-7-19-18(8-12)24-20(28-19)11-15-16(22)9-13(10-17(15)23)25-29(26,27)14-4-2-1-3-5-14/h1-10,25H,11H2. The number of aromatic nitrogens is 1. The second-order valence-electron chi connectivity index (χ2n) is 6.23. The molecular weight excluding hydrogens is 471 g/mol. The van der Waals surface area contributed by atoms with E-state index in [-0.39, 0.29) is 4.90 Å². The number of rotatable bonds is 5. The van der Waals surface area contributed by atoms with Gasteiger partial charge in [-0.05, 0) is 48.0 Å². The average molecular weight is 484 g/mol. The van der Waals surface area contributed by atoms with Gasteiger partial charge in [0.2, 0.25) is 0 Å². The molecule has 0 amide bonds. The fourth-order valence-corrected chi connectivity index (χ4v) is 5.63. The van der Waals surface area contributed by atoms with Crippen LogP contribution in [0.3, 0.4) is 0 Å². The maximum absolute atomic E-state index is 12.5. The summed E-state index contributed by atoms with van der Waals surface area (Å²) in [7, 11) is -3.73. The van der Waals surface area contributed by atoms with Crippen molar-refractivity contribution in [3.05, 3.63) is 86.3 Å². The Morgan fingerprint density at radius 3 is 2.31 bits per heavy atom. The molecule has 0 fully saturated rings. The number of fused-ring (bicyclic) bond motifs is 1. The number of halogens is 3. The Kier molecular flexibility index (Phi) is 5.73. The zero-order valence-corrected chi connectivity index (χ0v) is 18.6. The van der Waals surface area contributed by atoms with Gasteiger partial charge in [0.25, 0.3) is 10.0 Å². The van der Waals surface area contributed by atoms with E-state index in [2.05, 4.69) is 9.71 Å². The lowest BCUT2D eigenvalue weighted by Gasteiger charge is -2.12. The van der Waals surface area contributed by atoms with Gasteiger partial charge in [-0.2, -0.15) is 0 Å². The van der Waals surface area contributed by atoms with Crippen LogP contribution in [0, 0.1) is 0 Å². The Morgan fingerprint density at radius 2 is 1.62 bits per heavy atom. The van der Waals surface area contributed by atoms with Crippen LogP contribution in [-0.2, 0) is 16.4 Å². The van der Waals surface area contributed by atoms with Crippen molar-refractivity contribution >= 4 is 72.1 Å². The number of anilines is 1. The van der Waals surface area contributed by atoms with E-state index in [1.54, 1.807) is 30.3 Å². The van der Waals surface area contributed by atoms with Gasteiger partial charge in [-0.25, -0.2) is 13.4 Å². The van der Waals surface area contributed by atoms with Crippen molar-refractivity contribution in [3.63, 3.8) is 0 Å². The molecule has 0 atom stereocenters. The molecule has 0 saturated carbocycles. The van der Waals surface area contributed by atoms with E-state index in [1.165, 1.54) is 23.5 Å². The molecule has 3 aromatic carbocycles. The van der Waals surface area contributed by atoms with Crippen LogP contribution >= 0.6 is 46.1 Å². The van der Waals surface area contributed by atoms with Gasteiger partial charge in [-0.1, -0.05) is 53.0 Å². The summed E-state index contributed by atoms with van der Waals surface area (Å²) in [4.78, 5) is 4.73. The Balaban J connectivity index is 1.61. The minimum Gasteiger partial charge on any atom is -0.280 e. The van der Waals surface area contributed by atoms with Crippen molar-refractivity contribution < 1.29 is 8.42 Å². The molecule has 29 heavy (non-hydrogen) atoms. The van der Waals surface area contributed by atoms with Gasteiger partial charge in [0.1, 0.15) is 0 Å². The lowest BCUT2D eigenvalue weighted by Crippen LogP contribution is -2.13. The van der Waals surface area contributed by atoms with Gasteiger partial charge in [0, 0.05) is 21.5 Å². The summed E-state index contributed by atoms with van der Waals surface area (Å²) in [6.45, 7) is 0. The minimum atomic E-state index is -3.73. The predicted molar refractivity (Wildman–Crippen MR) is 121 cm³/mol. The van der Waals surface area contributed by atoms with Gasteiger partial charge in [-0.3, -0.25) is 4.72 Å². The largest absolute Gasteiger partial charge is 0.280 e. The van der Waals surface area contributed by atoms with Gasteiger partial charge in [0.05, 0.1) is 25.8 Å². The smallest absolute Gasteiger partial charge is 0.261 e. The van der Waals surface area contributed by atoms with Crippen molar-refractivity contribution in [2.75, 3.05) is 4.72 Å². The SMILES string of the molecule is O=S(=O)(Nc1cc(Cl)c(Cc2nc3cc(Cl)ccc3s2)c(Cl)c1)c1ccccc1. The molecule has 4 aromatic rings. The van der Waals surface area contributed by atoms with E-state index in [0.29, 0.717) is 32.7 Å². The predicted octanol–water partition coefficient (Wildman–Crippen LogP) is 6.65. The molecule has 4 nitrogen and oxygen atoms in total. The molecule has 0 spiro atoms. The molecule has 9 heteroatoms. The molecule has 148 valence electrons. The molecule has 0 aliphatic carbocycles.